The molecule has 0 radical (unpaired) electrons. The molecule has 134 valence electrons. The maximum Gasteiger partial charge on any atom is 0.252 e. The Hall–Kier alpha value is -2.21. The minimum Gasteiger partial charge on any atom is -0.367 e. The van der Waals surface area contributed by atoms with Crippen LogP contribution in [0, 0.1) is 5.92 Å². The predicted octanol–water partition coefficient (Wildman–Crippen LogP) is 3.15. The first-order valence-electron chi connectivity index (χ1n) is 8.86. The molecule has 2 aromatic rings. The second-order valence-electron chi connectivity index (χ2n) is 6.80. The molecule has 1 amide bonds. The van der Waals surface area contributed by atoms with Gasteiger partial charge in [-0.1, -0.05) is 49.3 Å². The third-order valence-electron chi connectivity index (χ3n) is 4.41. The van der Waals surface area contributed by atoms with E-state index in [4.69, 9.17) is 9.26 Å². The molecule has 6 heteroatoms. The van der Waals surface area contributed by atoms with E-state index in [0.29, 0.717) is 31.5 Å². The van der Waals surface area contributed by atoms with Gasteiger partial charge in [-0.15, -0.1) is 0 Å². The normalized spacial score (nSPS) is 17.9. The molecule has 1 aromatic heterocycles. The first-order chi connectivity index (χ1) is 12.1. The van der Waals surface area contributed by atoms with Gasteiger partial charge in [0, 0.05) is 24.9 Å². The van der Waals surface area contributed by atoms with Crippen LogP contribution in [0.4, 0.5) is 0 Å². The minimum absolute atomic E-state index is 0.0194. The highest BCUT2D eigenvalue weighted by Crippen LogP contribution is 2.26. The van der Waals surface area contributed by atoms with E-state index in [9.17, 15) is 4.79 Å². The minimum atomic E-state index is 0.0194. The van der Waals surface area contributed by atoms with Crippen molar-refractivity contribution in [2.24, 2.45) is 5.92 Å². The summed E-state index contributed by atoms with van der Waals surface area (Å²) in [5, 5.41) is 4.10. The van der Waals surface area contributed by atoms with Crippen LogP contribution in [-0.2, 0) is 22.7 Å². The van der Waals surface area contributed by atoms with E-state index in [0.717, 1.165) is 24.9 Å². The molecule has 6 nitrogen and oxygen atoms in total. The molecule has 1 aliphatic rings. The molecule has 0 spiro atoms. The number of likely N-dealkylation sites (tertiary alicyclic amines) is 1. The van der Waals surface area contributed by atoms with Crippen molar-refractivity contribution >= 4 is 5.91 Å². The third-order valence-corrected chi connectivity index (χ3v) is 4.41. The summed E-state index contributed by atoms with van der Waals surface area (Å²) in [6, 6.07) is 9.97. The Morgan fingerprint density at radius 2 is 2.12 bits per heavy atom. The summed E-state index contributed by atoms with van der Waals surface area (Å²) in [7, 11) is 0. The van der Waals surface area contributed by atoms with Crippen LogP contribution in [-0.4, -0.2) is 34.0 Å². The first-order valence-corrected chi connectivity index (χ1v) is 8.86. The van der Waals surface area contributed by atoms with Gasteiger partial charge in [-0.3, -0.25) is 4.79 Å². The lowest BCUT2D eigenvalue weighted by Crippen LogP contribution is -2.41. The summed E-state index contributed by atoms with van der Waals surface area (Å²) in [5.41, 5.74) is 1.11. The number of hydrogen-bond acceptors (Lipinski definition) is 5. The van der Waals surface area contributed by atoms with Gasteiger partial charge in [0.05, 0.1) is 6.61 Å². The van der Waals surface area contributed by atoms with E-state index in [1.54, 1.807) is 0 Å². The SMILES string of the molecule is CC(C)C(=O)N1CCCC(c2noc(COCc3ccccc3)n2)C1. The molecule has 1 saturated heterocycles. The summed E-state index contributed by atoms with van der Waals surface area (Å²) in [6.07, 6.45) is 1.95. The smallest absolute Gasteiger partial charge is 0.252 e. The molecule has 1 atom stereocenters. The van der Waals surface area contributed by atoms with Crippen molar-refractivity contribution in [3.8, 4) is 0 Å². The molecule has 1 aliphatic heterocycles. The number of benzene rings is 1. The van der Waals surface area contributed by atoms with E-state index < -0.39 is 0 Å². The fraction of sp³-hybridized carbons (Fsp3) is 0.526. The highest BCUT2D eigenvalue weighted by atomic mass is 16.5. The van der Waals surface area contributed by atoms with Gasteiger partial charge in [-0.25, -0.2) is 0 Å². The average Bonchev–Trinajstić information content (AvgIpc) is 3.11. The van der Waals surface area contributed by atoms with Crippen molar-refractivity contribution in [3.05, 3.63) is 47.6 Å². The molecule has 3 rings (SSSR count). The lowest BCUT2D eigenvalue weighted by atomic mass is 9.96. The van der Waals surface area contributed by atoms with Crippen molar-refractivity contribution in [2.45, 2.75) is 45.8 Å². The van der Waals surface area contributed by atoms with Gasteiger partial charge in [0.1, 0.15) is 6.61 Å². The van der Waals surface area contributed by atoms with Gasteiger partial charge in [-0.05, 0) is 18.4 Å². The third kappa shape index (κ3) is 4.66. The quantitative estimate of drug-likeness (QED) is 0.806. The zero-order chi connectivity index (χ0) is 17.6. The fourth-order valence-electron chi connectivity index (χ4n) is 3.08. The molecule has 1 fully saturated rings. The Kier molecular flexibility index (Phi) is 5.81. The molecule has 1 aromatic carbocycles. The molecular formula is C19H25N3O3. The standard InChI is InChI=1S/C19H25N3O3/c1-14(2)19(23)22-10-6-9-16(11-22)18-20-17(25-21-18)13-24-12-15-7-4-3-5-8-15/h3-5,7-8,14,16H,6,9-13H2,1-2H3. The summed E-state index contributed by atoms with van der Waals surface area (Å²) >= 11 is 0. The van der Waals surface area contributed by atoms with Crippen molar-refractivity contribution in [3.63, 3.8) is 0 Å². The van der Waals surface area contributed by atoms with Gasteiger partial charge in [-0.2, -0.15) is 4.98 Å². The van der Waals surface area contributed by atoms with Crippen LogP contribution in [0.25, 0.3) is 0 Å². The second kappa shape index (κ2) is 8.25. The van der Waals surface area contributed by atoms with E-state index in [2.05, 4.69) is 10.1 Å². The summed E-state index contributed by atoms with van der Waals surface area (Å²) < 4.78 is 10.9. The number of rotatable bonds is 6. The van der Waals surface area contributed by atoms with Crippen molar-refractivity contribution in [1.82, 2.24) is 15.0 Å². The number of aromatic nitrogens is 2. The molecule has 25 heavy (non-hydrogen) atoms. The molecule has 0 aliphatic carbocycles. The highest BCUT2D eigenvalue weighted by Gasteiger charge is 2.28. The lowest BCUT2D eigenvalue weighted by Gasteiger charge is -2.32. The Balaban J connectivity index is 1.53. The van der Waals surface area contributed by atoms with Crippen LogP contribution >= 0.6 is 0 Å². The van der Waals surface area contributed by atoms with Gasteiger partial charge in [0.15, 0.2) is 5.82 Å². The van der Waals surface area contributed by atoms with Crippen molar-refractivity contribution in [2.75, 3.05) is 13.1 Å². The summed E-state index contributed by atoms with van der Waals surface area (Å²) in [6.45, 7) is 6.16. The van der Waals surface area contributed by atoms with Crippen molar-refractivity contribution < 1.29 is 14.1 Å². The first kappa shape index (κ1) is 17.6. The fourth-order valence-corrected chi connectivity index (χ4v) is 3.08. The van der Waals surface area contributed by atoms with Crippen LogP contribution in [0.2, 0.25) is 0 Å². The number of carbonyl (C=O) groups is 1. The molecular weight excluding hydrogens is 318 g/mol. The van der Waals surface area contributed by atoms with Crippen LogP contribution in [0.5, 0.6) is 0 Å². The van der Waals surface area contributed by atoms with E-state index >= 15 is 0 Å². The Bertz CT molecular complexity index is 684. The summed E-state index contributed by atoms with van der Waals surface area (Å²) in [4.78, 5) is 18.6. The Morgan fingerprint density at radius 1 is 1.32 bits per heavy atom. The number of amides is 1. The zero-order valence-electron chi connectivity index (χ0n) is 14.9. The van der Waals surface area contributed by atoms with Crippen LogP contribution in [0.1, 0.15) is 49.9 Å². The topological polar surface area (TPSA) is 68.5 Å². The maximum absolute atomic E-state index is 12.2. The number of hydrogen-bond donors (Lipinski definition) is 0. The second-order valence-corrected chi connectivity index (χ2v) is 6.80. The maximum atomic E-state index is 12.2. The monoisotopic (exact) mass is 343 g/mol. The van der Waals surface area contributed by atoms with Gasteiger partial charge in [0.2, 0.25) is 5.91 Å². The zero-order valence-corrected chi connectivity index (χ0v) is 14.9. The Labute approximate surface area is 148 Å². The Morgan fingerprint density at radius 3 is 2.88 bits per heavy atom. The molecule has 0 saturated carbocycles. The number of nitrogens with zero attached hydrogens (tertiary/aromatic N) is 3. The molecule has 1 unspecified atom stereocenters. The lowest BCUT2D eigenvalue weighted by molar-refractivity contribution is -0.135. The van der Waals surface area contributed by atoms with Crippen molar-refractivity contribution in [1.29, 1.82) is 0 Å². The van der Waals surface area contributed by atoms with Gasteiger partial charge < -0.3 is 14.2 Å². The van der Waals surface area contributed by atoms with Gasteiger partial charge >= 0.3 is 0 Å². The van der Waals surface area contributed by atoms with E-state index in [1.165, 1.54) is 0 Å². The number of ether oxygens (including phenoxy) is 1. The molecule has 2 heterocycles. The van der Waals surface area contributed by atoms with E-state index in [1.807, 2.05) is 49.1 Å². The van der Waals surface area contributed by atoms with Crippen LogP contribution in [0.15, 0.2) is 34.9 Å². The number of piperidine rings is 1. The van der Waals surface area contributed by atoms with Crippen LogP contribution < -0.4 is 0 Å². The average molecular weight is 343 g/mol. The summed E-state index contributed by atoms with van der Waals surface area (Å²) in [5.74, 6) is 1.52. The molecule has 0 N–H and O–H groups in total. The van der Waals surface area contributed by atoms with Gasteiger partial charge in [0.25, 0.3) is 5.89 Å². The predicted molar refractivity (Wildman–Crippen MR) is 92.6 cm³/mol. The number of carbonyl (C=O) groups excluding carboxylic acids is 1. The highest BCUT2D eigenvalue weighted by molar-refractivity contribution is 5.78. The largest absolute Gasteiger partial charge is 0.367 e. The van der Waals surface area contributed by atoms with E-state index in [-0.39, 0.29) is 17.7 Å². The molecule has 0 bridgehead atoms. The van der Waals surface area contributed by atoms with Crippen LogP contribution in [0.3, 0.4) is 0 Å².